The van der Waals surface area contributed by atoms with Crippen LogP contribution in [0, 0.1) is 0 Å². The van der Waals surface area contributed by atoms with Crippen molar-refractivity contribution in [1.82, 2.24) is 0 Å². The van der Waals surface area contributed by atoms with E-state index in [-0.39, 0.29) is 6.79 Å². The summed E-state index contributed by atoms with van der Waals surface area (Å²) in [5.41, 5.74) is 6.59. The van der Waals surface area contributed by atoms with Crippen molar-refractivity contribution in [3.05, 3.63) is 17.7 Å². The molecule has 0 spiro atoms. The summed E-state index contributed by atoms with van der Waals surface area (Å²) < 4.78 is 15.8. The van der Waals surface area contributed by atoms with E-state index in [2.05, 4.69) is 0 Å². The van der Waals surface area contributed by atoms with Crippen LogP contribution in [-0.4, -0.2) is 42.6 Å². The Morgan fingerprint density at radius 3 is 2.45 bits per heavy atom. The van der Waals surface area contributed by atoms with Gasteiger partial charge in [-0.1, -0.05) is 0 Å². The van der Waals surface area contributed by atoms with E-state index in [9.17, 15) is 0 Å². The molecule has 8 nitrogen and oxygen atoms in total. The van der Waals surface area contributed by atoms with Crippen LogP contribution in [0.25, 0.3) is 0 Å². The highest BCUT2D eigenvalue weighted by Crippen LogP contribution is 2.41. The van der Waals surface area contributed by atoms with Crippen molar-refractivity contribution in [1.29, 1.82) is 0 Å². The largest absolute Gasteiger partial charge is 0.493 e. The predicted octanol–water partition coefficient (Wildman–Crippen LogP) is 0.0807. The molecule has 0 atom stereocenters. The molecular formula is C12H15NO7. The van der Waals surface area contributed by atoms with Crippen LogP contribution in [0.4, 0.5) is 0 Å². The van der Waals surface area contributed by atoms with E-state index in [1.165, 1.54) is 0 Å². The number of carboxylic acid groups (broad SMARTS) is 2. The Labute approximate surface area is 114 Å². The summed E-state index contributed by atoms with van der Waals surface area (Å²) in [5, 5.41) is 14.8. The first kappa shape index (κ1) is 15.6. The summed E-state index contributed by atoms with van der Waals surface area (Å²) in [4.78, 5) is 18.2. The summed E-state index contributed by atoms with van der Waals surface area (Å²) >= 11 is 0. The topological polar surface area (TPSA) is 128 Å². The molecule has 110 valence electrons. The Hall–Kier alpha value is -2.48. The minimum absolute atomic E-state index is 0.262. The average molecular weight is 285 g/mol. The fraction of sp³-hybridized carbons (Fsp3) is 0.333. The fourth-order valence-corrected chi connectivity index (χ4v) is 1.49. The zero-order valence-corrected chi connectivity index (χ0v) is 10.8. The van der Waals surface area contributed by atoms with Gasteiger partial charge in [0.25, 0.3) is 0 Å². The van der Waals surface area contributed by atoms with Crippen molar-refractivity contribution in [3.63, 3.8) is 0 Å². The van der Waals surface area contributed by atoms with Crippen LogP contribution in [0.3, 0.4) is 0 Å². The molecule has 4 N–H and O–H groups in total. The molecule has 1 aliphatic heterocycles. The number of hydrogen-bond acceptors (Lipinski definition) is 6. The van der Waals surface area contributed by atoms with E-state index in [4.69, 9.17) is 39.7 Å². The lowest BCUT2D eigenvalue weighted by Crippen LogP contribution is -2.09. The van der Waals surface area contributed by atoms with Gasteiger partial charge in [-0.15, -0.1) is 0 Å². The van der Waals surface area contributed by atoms with Crippen LogP contribution in [-0.2, 0) is 16.0 Å². The molecule has 20 heavy (non-hydrogen) atoms. The second-order valence-electron chi connectivity index (χ2n) is 3.68. The third-order valence-electron chi connectivity index (χ3n) is 2.33. The molecule has 1 aliphatic rings. The van der Waals surface area contributed by atoms with Gasteiger partial charge in [0.05, 0.1) is 7.11 Å². The molecule has 0 unspecified atom stereocenters. The monoisotopic (exact) mass is 285 g/mol. The van der Waals surface area contributed by atoms with E-state index >= 15 is 0 Å². The van der Waals surface area contributed by atoms with Crippen molar-refractivity contribution in [2.45, 2.75) is 6.42 Å². The molecular weight excluding hydrogens is 270 g/mol. The lowest BCUT2D eigenvalue weighted by atomic mass is 10.1. The molecule has 1 aromatic rings. The number of methoxy groups -OCH3 is 1. The molecule has 0 saturated heterocycles. The number of carboxylic acids is 2. The van der Waals surface area contributed by atoms with Crippen molar-refractivity contribution in [2.24, 2.45) is 5.73 Å². The highest BCUT2D eigenvalue weighted by atomic mass is 16.7. The molecule has 0 saturated carbocycles. The van der Waals surface area contributed by atoms with Gasteiger partial charge in [-0.2, -0.15) is 0 Å². The van der Waals surface area contributed by atoms with Gasteiger partial charge in [0.1, 0.15) is 0 Å². The average Bonchev–Trinajstić information content (AvgIpc) is 2.87. The highest BCUT2D eigenvalue weighted by Gasteiger charge is 2.19. The summed E-state index contributed by atoms with van der Waals surface area (Å²) in [6.45, 7) is 0.876. The quantitative estimate of drug-likeness (QED) is 0.666. The lowest BCUT2D eigenvalue weighted by molar-refractivity contribution is -0.159. The van der Waals surface area contributed by atoms with Gasteiger partial charge in [-0.25, -0.2) is 9.59 Å². The van der Waals surface area contributed by atoms with Crippen LogP contribution in [0.1, 0.15) is 5.56 Å². The van der Waals surface area contributed by atoms with E-state index in [1.54, 1.807) is 7.11 Å². The molecule has 1 aromatic carbocycles. The predicted molar refractivity (Wildman–Crippen MR) is 67.1 cm³/mol. The number of carbonyl (C=O) groups is 2. The summed E-state index contributed by atoms with van der Waals surface area (Å²) in [5.74, 6) is -1.51. The maximum Gasteiger partial charge on any atom is 0.414 e. The summed E-state index contributed by atoms with van der Waals surface area (Å²) in [7, 11) is 1.61. The highest BCUT2D eigenvalue weighted by molar-refractivity contribution is 6.27. The second-order valence-corrected chi connectivity index (χ2v) is 3.68. The summed E-state index contributed by atoms with van der Waals surface area (Å²) in [6, 6.07) is 3.87. The Balaban J connectivity index is 0.000000286. The molecule has 0 bridgehead atoms. The third-order valence-corrected chi connectivity index (χ3v) is 2.33. The first-order chi connectivity index (χ1) is 9.49. The zero-order valence-electron chi connectivity index (χ0n) is 10.8. The van der Waals surface area contributed by atoms with Crippen molar-refractivity contribution in [3.8, 4) is 17.2 Å². The van der Waals surface area contributed by atoms with Gasteiger partial charge in [0.15, 0.2) is 11.5 Å². The molecule has 0 aliphatic carbocycles. The number of aliphatic carboxylic acids is 2. The van der Waals surface area contributed by atoms with Crippen molar-refractivity contribution >= 4 is 11.9 Å². The Kier molecular flexibility index (Phi) is 5.60. The molecule has 0 amide bonds. The first-order valence-corrected chi connectivity index (χ1v) is 5.62. The van der Waals surface area contributed by atoms with E-state index in [0.29, 0.717) is 18.0 Å². The number of fused-ring (bicyclic) bond motifs is 1. The Morgan fingerprint density at radius 1 is 1.30 bits per heavy atom. The molecule has 0 fully saturated rings. The Morgan fingerprint density at radius 2 is 1.95 bits per heavy atom. The smallest absolute Gasteiger partial charge is 0.414 e. The van der Waals surface area contributed by atoms with Crippen molar-refractivity contribution < 1.29 is 34.0 Å². The molecule has 0 radical (unpaired) electrons. The maximum absolute atomic E-state index is 9.10. The number of rotatable bonds is 3. The van der Waals surface area contributed by atoms with Crippen LogP contribution in [0.15, 0.2) is 12.1 Å². The van der Waals surface area contributed by atoms with Crippen LogP contribution in [0.5, 0.6) is 17.2 Å². The normalized spacial score (nSPS) is 11.3. The Bertz CT molecular complexity index is 489. The van der Waals surface area contributed by atoms with Crippen LogP contribution < -0.4 is 19.9 Å². The lowest BCUT2D eigenvalue weighted by Gasteiger charge is -2.07. The van der Waals surface area contributed by atoms with E-state index in [1.807, 2.05) is 12.1 Å². The molecule has 2 rings (SSSR count). The maximum atomic E-state index is 9.10. The second kappa shape index (κ2) is 7.19. The minimum Gasteiger partial charge on any atom is -0.493 e. The van der Waals surface area contributed by atoms with Gasteiger partial charge in [-0.3, -0.25) is 0 Å². The van der Waals surface area contributed by atoms with Crippen LogP contribution >= 0.6 is 0 Å². The van der Waals surface area contributed by atoms with Gasteiger partial charge in [-0.05, 0) is 30.7 Å². The number of ether oxygens (including phenoxy) is 3. The van der Waals surface area contributed by atoms with Crippen LogP contribution in [0.2, 0.25) is 0 Å². The zero-order chi connectivity index (χ0) is 15.1. The molecule has 8 heteroatoms. The molecule has 1 heterocycles. The minimum atomic E-state index is -1.82. The molecule has 0 aromatic heterocycles. The SMILES string of the molecule is COc1cc(CCN)cc2c1OCO2.O=C(O)C(=O)O. The van der Waals surface area contributed by atoms with Gasteiger partial charge in [0.2, 0.25) is 12.5 Å². The standard InChI is InChI=1S/C10H13NO3.C2H2O4/c1-12-8-4-7(2-3-11)5-9-10(8)14-6-13-9;3-1(4)2(5)6/h4-5H,2-3,6,11H2,1H3;(H,3,4)(H,5,6). The van der Waals surface area contributed by atoms with E-state index < -0.39 is 11.9 Å². The van der Waals surface area contributed by atoms with Crippen molar-refractivity contribution in [2.75, 3.05) is 20.4 Å². The fourth-order valence-electron chi connectivity index (χ4n) is 1.49. The third kappa shape index (κ3) is 4.02. The van der Waals surface area contributed by atoms with Gasteiger partial charge < -0.3 is 30.2 Å². The van der Waals surface area contributed by atoms with Gasteiger partial charge in [0, 0.05) is 0 Å². The van der Waals surface area contributed by atoms with Gasteiger partial charge >= 0.3 is 11.9 Å². The number of benzene rings is 1. The number of hydrogen-bond donors (Lipinski definition) is 3. The summed E-state index contributed by atoms with van der Waals surface area (Å²) in [6.07, 6.45) is 0.812. The number of nitrogens with two attached hydrogens (primary N) is 1. The first-order valence-electron chi connectivity index (χ1n) is 5.62. The van der Waals surface area contributed by atoms with E-state index in [0.717, 1.165) is 17.7 Å².